The second-order valence-electron chi connectivity index (χ2n) is 5.15. The summed E-state index contributed by atoms with van der Waals surface area (Å²) in [5.41, 5.74) is 5.51. The van der Waals surface area contributed by atoms with Crippen molar-refractivity contribution in [3.05, 3.63) is 41.5 Å². The van der Waals surface area contributed by atoms with Crippen LogP contribution >= 0.6 is 0 Å². The van der Waals surface area contributed by atoms with Crippen LogP contribution in [0.15, 0.2) is 24.8 Å². The monoisotopic (exact) mass is 213 g/mol. The van der Waals surface area contributed by atoms with Gasteiger partial charge in [0.1, 0.15) is 0 Å². The summed E-state index contributed by atoms with van der Waals surface area (Å²) in [4.78, 5) is 2.53. The molecule has 1 fully saturated rings. The van der Waals surface area contributed by atoms with Crippen molar-refractivity contribution in [2.75, 3.05) is 6.54 Å². The highest BCUT2D eigenvalue weighted by molar-refractivity contribution is 5.68. The van der Waals surface area contributed by atoms with Crippen LogP contribution in [0, 0.1) is 6.92 Å². The fraction of sp³-hybridized carbons (Fsp3) is 0.467. The molecule has 0 aromatic heterocycles. The van der Waals surface area contributed by atoms with Gasteiger partial charge in [0.15, 0.2) is 0 Å². The van der Waals surface area contributed by atoms with Crippen molar-refractivity contribution >= 4 is 5.70 Å². The molecule has 1 unspecified atom stereocenters. The lowest BCUT2D eigenvalue weighted by molar-refractivity contribution is 0.219. The molecule has 2 aliphatic rings. The highest BCUT2D eigenvalue weighted by Crippen LogP contribution is 2.35. The fourth-order valence-corrected chi connectivity index (χ4v) is 3.15. The van der Waals surface area contributed by atoms with Crippen LogP contribution in [-0.4, -0.2) is 17.5 Å². The van der Waals surface area contributed by atoms with Crippen molar-refractivity contribution in [1.82, 2.24) is 4.90 Å². The summed E-state index contributed by atoms with van der Waals surface area (Å²) < 4.78 is 0. The molecule has 1 aromatic rings. The first-order valence-electron chi connectivity index (χ1n) is 6.31. The molecule has 1 saturated heterocycles. The van der Waals surface area contributed by atoms with E-state index in [0.717, 1.165) is 6.04 Å². The summed E-state index contributed by atoms with van der Waals surface area (Å²) in [5, 5.41) is 0. The molecule has 0 spiro atoms. The van der Waals surface area contributed by atoms with Crippen LogP contribution in [-0.2, 0) is 6.42 Å². The lowest BCUT2D eigenvalue weighted by Crippen LogP contribution is -2.42. The zero-order chi connectivity index (χ0) is 11.1. The maximum absolute atomic E-state index is 4.30. The first-order chi connectivity index (χ1) is 7.75. The molecule has 0 amide bonds. The van der Waals surface area contributed by atoms with Crippen LogP contribution in [0.2, 0.25) is 0 Å². The van der Waals surface area contributed by atoms with Gasteiger partial charge in [0.25, 0.3) is 0 Å². The van der Waals surface area contributed by atoms with Gasteiger partial charge in [-0.25, -0.2) is 0 Å². The number of nitrogens with zero attached hydrogens (tertiary/aromatic N) is 1. The SMILES string of the molecule is C=C1c2ccc(C)cc2CC2CCCCN12. The van der Waals surface area contributed by atoms with E-state index in [9.17, 15) is 0 Å². The van der Waals surface area contributed by atoms with Crippen molar-refractivity contribution in [2.45, 2.75) is 38.6 Å². The van der Waals surface area contributed by atoms with Crippen LogP contribution < -0.4 is 0 Å². The van der Waals surface area contributed by atoms with Gasteiger partial charge in [-0.3, -0.25) is 0 Å². The van der Waals surface area contributed by atoms with Crippen LogP contribution in [0.5, 0.6) is 0 Å². The van der Waals surface area contributed by atoms with E-state index >= 15 is 0 Å². The Labute approximate surface area is 97.8 Å². The normalized spacial score (nSPS) is 23.9. The van der Waals surface area contributed by atoms with E-state index < -0.39 is 0 Å². The maximum atomic E-state index is 4.30. The molecular weight excluding hydrogens is 194 g/mol. The van der Waals surface area contributed by atoms with Gasteiger partial charge < -0.3 is 4.90 Å². The first-order valence-corrected chi connectivity index (χ1v) is 6.31. The number of rotatable bonds is 0. The fourth-order valence-electron chi connectivity index (χ4n) is 3.15. The number of hydrogen-bond acceptors (Lipinski definition) is 1. The molecule has 16 heavy (non-hydrogen) atoms. The number of benzene rings is 1. The first kappa shape index (κ1) is 9.95. The van der Waals surface area contributed by atoms with E-state index in [1.54, 1.807) is 0 Å². The molecule has 1 atom stereocenters. The lowest BCUT2D eigenvalue weighted by atomic mass is 9.86. The third-order valence-corrected chi connectivity index (χ3v) is 4.00. The average Bonchev–Trinajstić information content (AvgIpc) is 2.29. The lowest BCUT2D eigenvalue weighted by Gasteiger charge is -2.43. The zero-order valence-corrected chi connectivity index (χ0v) is 10.00. The van der Waals surface area contributed by atoms with Crippen molar-refractivity contribution in [1.29, 1.82) is 0 Å². The van der Waals surface area contributed by atoms with Gasteiger partial charge in [-0.15, -0.1) is 0 Å². The smallest absolute Gasteiger partial charge is 0.0372 e. The number of aryl methyl sites for hydroxylation is 1. The molecule has 0 N–H and O–H groups in total. The molecule has 3 rings (SSSR count). The Balaban J connectivity index is 2.03. The van der Waals surface area contributed by atoms with Gasteiger partial charge in [-0.1, -0.05) is 30.3 Å². The summed E-state index contributed by atoms with van der Waals surface area (Å²) in [6.45, 7) is 7.68. The molecular formula is C15H19N. The summed E-state index contributed by atoms with van der Waals surface area (Å²) in [6.07, 6.45) is 5.27. The number of piperidine rings is 1. The van der Waals surface area contributed by atoms with Gasteiger partial charge in [-0.2, -0.15) is 0 Å². The van der Waals surface area contributed by atoms with E-state index in [1.165, 1.54) is 54.6 Å². The molecule has 1 nitrogen and oxygen atoms in total. The quantitative estimate of drug-likeness (QED) is 0.638. The standard InChI is InChI=1S/C15H19N/c1-11-6-7-15-12(2)16-8-4-3-5-14(16)10-13(15)9-11/h6-7,9,14H,2-5,8,10H2,1H3. The summed E-state index contributed by atoms with van der Waals surface area (Å²) in [6, 6.07) is 7.51. The number of hydrogen-bond donors (Lipinski definition) is 0. The van der Waals surface area contributed by atoms with Crippen LogP contribution in [0.4, 0.5) is 0 Å². The molecule has 1 heteroatoms. The maximum Gasteiger partial charge on any atom is 0.0372 e. The summed E-state index contributed by atoms with van der Waals surface area (Å²) >= 11 is 0. The molecule has 84 valence electrons. The Morgan fingerprint density at radius 2 is 2.19 bits per heavy atom. The Morgan fingerprint density at radius 1 is 1.31 bits per heavy atom. The van der Waals surface area contributed by atoms with Crippen molar-refractivity contribution < 1.29 is 0 Å². The Hall–Kier alpha value is -1.24. The molecule has 2 heterocycles. The third kappa shape index (κ3) is 1.46. The van der Waals surface area contributed by atoms with Crippen LogP contribution in [0.3, 0.4) is 0 Å². The van der Waals surface area contributed by atoms with Gasteiger partial charge in [0.05, 0.1) is 0 Å². The largest absolute Gasteiger partial charge is 0.368 e. The van der Waals surface area contributed by atoms with Gasteiger partial charge in [-0.05, 0) is 38.2 Å². The zero-order valence-electron chi connectivity index (χ0n) is 10.00. The molecule has 2 aliphatic heterocycles. The van der Waals surface area contributed by atoms with E-state index in [0.29, 0.717) is 0 Å². The van der Waals surface area contributed by atoms with E-state index in [1.807, 2.05) is 0 Å². The van der Waals surface area contributed by atoms with Crippen molar-refractivity contribution in [3.63, 3.8) is 0 Å². The van der Waals surface area contributed by atoms with Gasteiger partial charge >= 0.3 is 0 Å². The van der Waals surface area contributed by atoms with Crippen LogP contribution in [0.25, 0.3) is 5.70 Å². The Morgan fingerprint density at radius 3 is 3.06 bits per heavy atom. The van der Waals surface area contributed by atoms with Gasteiger partial charge in [0, 0.05) is 23.8 Å². The highest BCUT2D eigenvalue weighted by Gasteiger charge is 2.29. The van der Waals surface area contributed by atoms with Gasteiger partial charge in [0.2, 0.25) is 0 Å². The Kier molecular flexibility index (Phi) is 2.27. The van der Waals surface area contributed by atoms with E-state index in [-0.39, 0.29) is 0 Å². The minimum Gasteiger partial charge on any atom is -0.368 e. The summed E-state index contributed by atoms with van der Waals surface area (Å²) in [5.74, 6) is 0. The molecule has 0 saturated carbocycles. The second-order valence-corrected chi connectivity index (χ2v) is 5.15. The van der Waals surface area contributed by atoms with Crippen LogP contribution in [0.1, 0.15) is 36.0 Å². The average molecular weight is 213 g/mol. The number of fused-ring (bicyclic) bond motifs is 2. The second kappa shape index (κ2) is 3.65. The Bertz CT molecular complexity index is 433. The predicted molar refractivity (Wildman–Crippen MR) is 68.3 cm³/mol. The predicted octanol–water partition coefficient (Wildman–Crippen LogP) is 3.38. The highest BCUT2D eigenvalue weighted by atomic mass is 15.2. The van der Waals surface area contributed by atoms with Crippen molar-refractivity contribution in [2.24, 2.45) is 0 Å². The minimum absolute atomic E-state index is 0.718. The molecule has 0 bridgehead atoms. The van der Waals surface area contributed by atoms with E-state index in [4.69, 9.17) is 0 Å². The third-order valence-electron chi connectivity index (χ3n) is 4.00. The summed E-state index contributed by atoms with van der Waals surface area (Å²) in [7, 11) is 0. The topological polar surface area (TPSA) is 3.24 Å². The molecule has 1 aromatic carbocycles. The van der Waals surface area contributed by atoms with E-state index in [2.05, 4.69) is 36.6 Å². The molecule has 0 radical (unpaired) electrons. The minimum atomic E-state index is 0.718. The van der Waals surface area contributed by atoms with Crippen molar-refractivity contribution in [3.8, 4) is 0 Å². The molecule has 0 aliphatic carbocycles.